The summed E-state index contributed by atoms with van der Waals surface area (Å²) in [5.41, 5.74) is 0. The lowest BCUT2D eigenvalue weighted by molar-refractivity contribution is 1.70. The molecule has 0 aromatic rings. The van der Waals surface area contributed by atoms with Crippen molar-refractivity contribution in [2.24, 2.45) is 0 Å². The summed E-state index contributed by atoms with van der Waals surface area (Å²) < 4.78 is 0. The van der Waals surface area contributed by atoms with Crippen LogP contribution in [0.25, 0.3) is 0 Å². The van der Waals surface area contributed by atoms with Crippen molar-refractivity contribution in [1.29, 1.82) is 0 Å². The van der Waals surface area contributed by atoms with Gasteiger partial charge in [0.05, 0.1) is 0 Å². The van der Waals surface area contributed by atoms with Crippen LogP contribution in [0.4, 0.5) is 0 Å². The predicted molar refractivity (Wildman–Crippen MR) is 36.4 cm³/mol. The van der Waals surface area contributed by atoms with Gasteiger partial charge in [0.15, 0.2) is 0 Å². The van der Waals surface area contributed by atoms with E-state index in [0.717, 1.165) is 0 Å². The maximum atomic E-state index is 4.64. The van der Waals surface area contributed by atoms with Crippen LogP contribution >= 0.6 is 12.6 Å². The van der Waals surface area contributed by atoms with E-state index in [9.17, 15) is 0 Å². The van der Waals surface area contributed by atoms with Gasteiger partial charge in [0, 0.05) is 5.75 Å². The Morgan fingerprint density at radius 2 is 2.14 bits per heavy atom. The van der Waals surface area contributed by atoms with E-state index in [0.29, 0.717) is 5.75 Å². The zero-order chi connectivity index (χ0) is 5.54. The molecule has 0 aliphatic heterocycles. The standard InChI is InChI=1S/C6H9S/c1-2-3-4-5-6-7/h2-5H,6H2,1H3. The molecule has 7 heavy (non-hydrogen) atoms. The van der Waals surface area contributed by atoms with Crippen LogP contribution in [-0.4, -0.2) is 5.75 Å². The average molecular weight is 113 g/mol. The van der Waals surface area contributed by atoms with E-state index >= 15 is 0 Å². The average Bonchev–Trinajstić information content (AvgIpc) is 1.69. The highest BCUT2D eigenvalue weighted by Gasteiger charge is 1.59. The lowest BCUT2D eigenvalue weighted by Crippen LogP contribution is -1.54. The van der Waals surface area contributed by atoms with E-state index in [2.05, 4.69) is 12.6 Å². The Balaban J connectivity index is 3.09. The molecule has 0 aliphatic carbocycles. The van der Waals surface area contributed by atoms with Crippen LogP contribution in [0.3, 0.4) is 0 Å². The largest absolute Gasteiger partial charge is 0.0897 e. The van der Waals surface area contributed by atoms with E-state index in [1.165, 1.54) is 0 Å². The Labute approximate surface area is 50.3 Å². The minimum absolute atomic E-state index is 0.713. The van der Waals surface area contributed by atoms with Crippen LogP contribution < -0.4 is 0 Å². The van der Waals surface area contributed by atoms with Gasteiger partial charge in [0.2, 0.25) is 0 Å². The van der Waals surface area contributed by atoms with E-state index in [-0.39, 0.29) is 0 Å². The Morgan fingerprint density at radius 3 is 2.57 bits per heavy atom. The molecule has 0 heterocycles. The first-order valence-electron chi connectivity index (χ1n) is 2.27. The Kier molecular flexibility index (Phi) is 5.69. The molecule has 0 amide bonds. The van der Waals surface area contributed by atoms with Crippen molar-refractivity contribution in [3.63, 3.8) is 0 Å². The van der Waals surface area contributed by atoms with Gasteiger partial charge in [0.25, 0.3) is 0 Å². The molecule has 0 saturated carbocycles. The molecule has 0 N–H and O–H groups in total. The monoisotopic (exact) mass is 113 g/mol. The highest BCUT2D eigenvalue weighted by molar-refractivity contribution is 7.80. The summed E-state index contributed by atoms with van der Waals surface area (Å²) in [5, 5.41) is 0. The minimum atomic E-state index is 0.713. The fraction of sp³-hybridized carbons (Fsp3) is 0.333. The highest BCUT2D eigenvalue weighted by Crippen LogP contribution is 1.77. The molecule has 0 aromatic heterocycles. The van der Waals surface area contributed by atoms with Crippen molar-refractivity contribution >= 4 is 12.6 Å². The van der Waals surface area contributed by atoms with Gasteiger partial charge in [-0.2, -0.15) is 0 Å². The molecule has 0 nitrogen and oxygen atoms in total. The van der Waals surface area contributed by atoms with Crippen molar-refractivity contribution in [3.8, 4) is 0 Å². The second kappa shape index (κ2) is 5.83. The molecule has 0 atom stereocenters. The maximum Gasteiger partial charge on any atom is 0.0220 e. The van der Waals surface area contributed by atoms with Gasteiger partial charge < -0.3 is 0 Å². The molecule has 0 aliphatic rings. The second-order valence-electron chi connectivity index (χ2n) is 1.12. The van der Waals surface area contributed by atoms with Gasteiger partial charge in [-0.3, -0.25) is 0 Å². The normalized spacial score (nSPS) is 11.7. The summed E-state index contributed by atoms with van der Waals surface area (Å²) in [5.74, 6) is 0.713. The summed E-state index contributed by atoms with van der Waals surface area (Å²) in [4.78, 5) is 0. The molecule has 1 radical (unpaired) electrons. The van der Waals surface area contributed by atoms with Crippen LogP contribution in [0, 0.1) is 0 Å². The van der Waals surface area contributed by atoms with Crippen LogP contribution in [0.15, 0.2) is 24.3 Å². The molecule has 39 valence electrons. The van der Waals surface area contributed by atoms with Gasteiger partial charge in [-0.25, -0.2) is 0 Å². The predicted octanol–water partition coefficient (Wildman–Crippen LogP) is 2.32. The lowest BCUT2D eigenvalue weighted by atomic mass is 10.5. The zero-order valence-electron chi connectivity index (χ0n) is 4.42. The molecule has 0 rings (SSSR count). The third-order valence-electron chi connectivity index (χ3n) is 0.536. The number of hydrogen-bond donors (Lipinski definition) is 0. The van der Waals surface area contributed by atoms with Gasteiger partial charge in [-0.15, -0.1) is 0 Å². The quantitative estimate of drug-likeness (QED) is 0.482. The van der Waals surface area contributed by atoms with Crippen molar-refractivity contribution in [2.75, 3.05) is 5.75 Å². The zero-order valence-corrected chi connectivity index (χ0v) is 5.24. The number of rotatable bonds is 2. The topological polar surface area (TPSA) is 0 Å². The maximum absolute atomic E-state index is 4.64. The van der Waals surface area contributed by atoms with Crippen LogP contribution in [0.2, 0.25) is 0 Å². The third kappa shape index (κ3) is 5.83. The second-order valence-corrected chi connectivity index (χ2v) is 1.45. The van der Waals surface area contributed by atoms with Gasteiger partial charge in [0.1, 0.15) is 0 Å². The first-order valence-corrected chi connectivity index (χ1v) is 2.85. The smallest absolute Gasteiger partial charge is 0.0220 e. The highest BCUT2D eigenvalue weighted by atomic mass is 32.1. The first kappa shape index (κ1) is 6.83. The fourth-order valence-electron chi connectivity index (χ4n) is 0.245. The summed E-state index contributed by atoms with van der Waals surface area (Å²) in [6.45, 7) is 1.98. The Bertz CT molecular complexity index is 72.2. The molecule has 0 fully saturated rings. The van der Waals surface area contributed by atoms with E-state index in [1.807, 2.05) is 31.2 Å². The van der Waals surface area contributed by atoms with Gasteiger partial charge >= 0.3 is 0 Å². The molecular weight excluding hydrogens is 104 g/mol. The van der Waals surface area contributed by atoms with Crippen LogP contribution in [0.1, 0.15) is 6.92 Å². The van der Waals surface area contributed by atoms with E-state index in [4.69, 9.17) is 0 Å². The van der Waals surface area contributed by atoms with Crippen molar-refractivity contribution < 1.29 is 0 Å². The Hall–Kier alpha value is -0.170. The van der Waals surface area contributed by atoms with Crippen LogP contribution in [0.5, 0.6) is 0 Å². The summed E-state index contributed by atoms with van der Waals surface area (Å²) in [6.07, 6.45) is 7.83. The molecule has 0 saturated heterocycles. The third-order valence-corrected chi connectivity index (χ3v) is 0.728. The molecule has 0 unspecified atom stereocenters. The Morgan fingerprint density at radius 1 is 1.43 bits per heavy atom. The molecule has 0 spiro atoms. The molecule has 0 aromatic carbocycles. The van der Waals surface area contributed by atoms with E-state index < -0.39 is 0 Å². The number of allylic oxidation sites excluding steroid dienone is 3. The van der Waals surface area contributed by atoms with Crippen molar-refractivity contribution in [1.82, 2.24) is 0 Å². The molecule has 1 heteroatoms. The fourth-order valence-corrected chi connectivity index (χ4v) is 0.356. The molecular formula is C6H9S. The first-order chi connectivity index (χ1) is 3.41. The minimum Gasteiger partial charge on any atom is -0.0897 e. The lowest BCUT2D eigenvalue weighted by Gasteiger charge is -1.69. The summed E-state index contributed by atoms with van der Waals surface area (Å²) in [6, 6.07) is 0. The summed E-state index contributed by atoms with van der Waals surface area (Å²) >= 11 is 4.64. The van der Waals surface area contributed by atoms with Gasteiger partial charge in [-0.05, 0) is 6.92 Å². The summed E-state index contributed by atoms with van der Waals surface area (Å²) in [7, 11) is 0. The van der Waals surface area contributed by atoms with Gasteiger partial charge in [-0.1, -0.05) is 36.9 Å². The van der Waals surface area contributed by atoms with E-state index in [1.54, 1.807) is 0 Å². The molecule has 0 bridgehead atoms. The van der Waals surface area contributed by atoms with Crippen molar-refractivity contribution in [2.45, 2.75) is 6.92 Å². The van der Waals surface area contributed by atoms with Crippen LogP contribution in [-0.2, 0) is 0 Å². The number of hydrogen-bond acceptors (Lipinski definition) is 0. The SMILES string of the molecule is CC=CC=CC[S]. The van der Waals surface area contributed by atoms with Crippen molar-refractivity contribution in [3.05, 3.63) is 24.3 Å².